The Balaban J connectivity index is 1.58. The Kier molecular flexibility index (Phi) is 5.44. The molecule has 6 heteroatoms. The number of thiazole rings is 1. The molecule has 0 bridgehead atoms. The summed E-state index contributed by atoms with van der Waals surface area (Å²) in [5.74, 6) is 0.415. The molecule has 5 aromatic rings. The van der Waals surface area contributed by atoms with Crippen LogP contribution in [0.15, 0.2) is 76.7 Å². The Morgan fingerprint density at radius 3 is 2.70 bits per heavy atom. The van der Waals surface area contributed by atoms with Crippen LogP contribution >= 0.6 is 11.3 Å². The van der Waals surface area contributed by atoms with Gasteiger partial charge in [0.2, 0.25) is 5.91 Å². The molecule has 0 aliphatic carbocycles. The predicted octanol–water partition coefficient (Wildman–Crippen LogP) is 7.07. The average molecular weight is 455 g/mol. The smallest absolute Gasteiger partial charge is 0.250 e. The fourth-order valence-corrected chi connectivity index (χ4v) is 4.72. The Morgan fingerprint density at radius 1 is 1.09 bits per heavy atom. The maximum atomic E-state index is 12.6. The van der Waals surface area contributed by atoms with Gasteiger partial charge in [0, 0.05) is 34.0 Å². The van der Waals surface area contributed by atoms with Crippen molar-refractivity contribution in [3.05, 3.63) is 83.6 Å². The van der Waals surface area contributed by atoms with Crippen LogP contribution in [0.25, 0.3) is 38.4 Å². The molecule has 33 heavy (non-hydrogen) atoms. The summed E-state index contributed by atoms with van der Waals surface area (Å²) in [6.07, 6.45) is 3.35. The van der Waals surface area contributed by atoms with Crippen LogP contribution in [0.1, 0.15) is 18.2 Å². The third kappa shape index (κ3) is 4.01. The van der Waals surface area contributed by atoms with E-state index in [1.807, 2.05) is 43.5 Å². The van der Waals surface area contributed by atoms with Crippen molar-refractivity contribution in [2.24, 2.45) is 0 Å². The summed E-state index contributed by atoms with van der Waals surface area (Å²) in [7, 11) is 1.62. The van der Waals surface area contributed by atoms with Crippen molar-refractivity contribution in [2.75, 3.05) is 12.4 Å². The lowest BCUT2D eigenvalue weighted by atomic mass is 9.96. The van der Waals surface area contributed by atoms with Gasteiger partial charge in [0.25, 0.3) is 0 Å². The van der Waals surface area contributed by atoms with E-state index in [-0.39, 0.29) is 5.91 Å². The van der Waals surface area contributed by atoms with E-state index in [9.17, 15) is 4.79 Å². The zero-order valence-corrected chi connectivity index (χ0v) is 19.3. The Morgan fingerprint density at radius 2 is 1.91 bits per heavy atom. The third-order valence-corrected chi connectivity index (χ3v) is 6.47. The number of carbonyl (C=O) groups excluding carboxylic acids is 1. The average Bonchev–Trinajstić information content (AvgIpc) is 3.42. The van der Waals surface area contributed by atoms with Crippen molar-refractivity contribution in [1.82, 2.24) is 4.98 Å². The minimum Gasteiger partial charge on any atom is -0.496 e. The summed E-state index contributed by atoms with van der Waals surface area (Å²) in [4.78, 5) is 16.9. The van der Waals surface area contributed by atoms with E-state index in [4.69, 9.17) is 9.15 Å². The van der Waals surface area contributed by atoms with E-state index in [1.165, 1.54) is 16.7 Å². The zero-order chi connectivity index (χ0) is 22.9. The number of nitrogens with one attached hydrogen (secondary N) is 1. The fraction of sp³-hybridized carbons (Fsp3) is 0.111. The molecule has 164 valence electrons. The Hall–Kier alpha value is -3.90. The number of benzene rings is 3. The molecule has 0 radical (unpaired) electrons. The summed E-state index contributed by atoms with van der Waals surface area (Å²) < 4.78 is 11.5. The summed E-state index contributed by atoms with van der Waals surface area (Å²) in [5.41, 5.74) is 5.32. The molecule has 0 aliphatic rings. The van der Waals surface area contributed by atoms with Crippen LogP contribution in [0.4, 0.5) is 5.13 Å². The lowest BCUT2D eigenvalue weighted by Gasteiger charge is -2.10. The van der Waals surface area contributed by atoms with Crippen molar-refractivity contribution in [3.63, 3.8) is 0 Å². The zero-order valence-electron chi connectivity index (χ0n) is 18.5. The molecule has 1 N–H and O–H groups in total. The summed E-state index contributed by atoms with van der Waals surface area (Å²) in [5, 5.41) is 8.59. The molecule has 2 aromatic heterocycles. The van der Waals surface area contributed by atoms with Crippen LogP contribution in [0.3, 0.4) is 0 Å². The van der Waals surface area contributed by atoms with Crippen molar-refractivity contribution in [2.45, 2.75) is 13.8 Å². The van der Waals surface area contributed by atoms with Crippen molar-refractivity contribution in [1.29, 1.82) is 0 Å². The van der Waals surface area contributed by atoms with Gasteiger partial charge < -0.3 is 9.15 Å². The minimum atomic E-state index is -0.231. The molecule has 0 fully saturated rings. The third-order valence-electron chi connectivity index (χ3n) is 5.60. The number of furan rings is 1. The van der Waals surface area contributed by atoms with Gasteiger partial charge >= 0.3 is 0 Å². The number of aromatic nitrogens is 1. The lowest BCUT2D eigenvalue weighted by Crippen LogP contribution is -2.08. The monoisotopic (exact) mass is 454 g/mol. The second-order valence-corrected chi connectivity index (χ2v) is 8.69. The standard InChI is InChI=1S/C27H22N2O3S/c1-16(11-26(30)29-27-28-17(2)15-33-27)21-12-22-23(14-32-25(22)13-24(21)31-3)20-10-6-8-18-7-4-5-9-19(18)20/h4-15H,1-3H3,(H,28,29,30)/b16-11+. The highest BCUT2D eigenvalue weighted by molar-refractivity contribution is 7.13. The number of methoxy groups -OCH3 is 1. The van der Waals surface area contributed by atoms with E-state index in [2.05, 4.69) is 40.6 Å². The first-order valence-electron chi connectivity index (χ1n) is 10.5. The molecule has 0 saturated carbocycles. The largest absolute Gasteiger partial charge is 0.496 e. The lowest BCUT2D eigenvalue weighted by molar-refractivity contribution is -0.111. The van der Waals surface area contributed by atoms with E-state index >= 15 is 0 Å². The van der Waals surface area contributed by atoms with E-state index < -0.39 is 0 Å². The Labute approximate surface area is 195 Å². The minimum absolute atomic E-state index is 0.231. The van der Waals surface area contributed by atoms with E-state index in [0.29, 0.717) is 10.9 Å². The second kappa shape index (κ2) is 8.56. The molecule has 0 atom stereocenters. The topological polar surface area (TPSA) is 64.4 Å². The molecule has 2 heterocycles. The molecule has 5 rings (SSSR count). The van der Waals surface area contributed by atoms with E-state index in [1.54, 1.807) is 19.4 Å². The van der Waals surface area contributed by atoms with Crippen molar-refractivity contribution >= 4 is 49.7 Å². The summed E-state index contributed by atoms with van der Waals surface area (Å²) in [6, 6.07) is 18.5. The Bertz CT molecular complexity index is 1520. The maximum Gasteiger partial charge on any atom is 0.250 e. The van der Waals surface area contributed by atoms with Gasteiger partial charge in [-0.3, -0.25) is 10.1 Å². The highest BCUT2D eigenvalue weighted by atomic mass is 32.1. The van der Waals surface area contributed by atoms with Gasteiger partial charge in [-0.15, -0.1) is 11.3 Å². The van der Waals surface area contributed by atoms with Crippen LogP contribution in [0, 0.1) is 6.92 Å². The summed E-state index contributed by atoms with van der Waals surface area (Å²) in [6.45, 7) is 3.79. The highest BCUT2D eigenvalue weighted by Gasteiger charge is 2.16. The number of amides is 1. The molecule has 0 aliphatic heterocycles. The quantitative estimate of drug-likeness (QED) is 0.289. The fourth-order valence-electron chi connectivity index (χ4n) is 4.03. The van der Waals surface area contributed by atoms with Gasteiger partial charge in [0.1, 0.15) is 11.3 Å². The van der Waals surface area contributed by atoms with Crippen LogP contribution in [0.2, 0.25) is 0 Å². The van der Waals surface area contributed by atoms with Crippen molar-refractivity contribution in [3.8, 4) is 16.9 Å². The molecular weight excluding hydrogens is 432 g/mol. The number of hydrogen-bond donors (Lipinski definition) is 1. The normalized spacial score (nSPS) is 11.8. The second-order valence-electron chi connectivity index (χ2n) is 7.84. The van der Waals surface area contributed by atoms with Gasteiger partial charge in [0.05, 0.1) is 19.1 Å². The number of nitrogens with zero attached hydrogens (tertiary/aromatic N) is 1. The first-order valence-corrected chi connectivity index (χ1v) is 11.4. The van der Waals surface area contributed by atoms with Crippen LogP contribution in [-0.2, 0) is 4.79 Å². The molecular formula is C27H22N2O3S. The maximum absolute atomic E-state index is 12.6. The molecule has 1 amide bonds. The van der Waals surface area contributed by atoms with Gasteiger partial charge in [-0.1, -0.05) is 42.5 Å². The SMILES string of the molecule is COc1cc2occ(-c3cccc4ccccc34)c2cc1/C(C)=C/C(=O)Nc1nc(C)cs1. The molecule has 0 saturated heterocycles. The van der Waals surface area contributed by atoms with Crippen LogP contribution < -0.4 is 10.1 Å². The molecule has 3 aromatic carbocycles. The first kappa shape index (κ1) is 21.0. The first-order chi connectivity index (χ1) is 16.0. The number of hydrogen-bond acceptors (Lipinski definition) is 5. The van der Waals surface area contributed by atoms with Crippen LogP contribution in [-0.4, -0.2) is 18.0 Å². The summed E-state index contributed by atoms with van der Waals surface area (Å²) >= 11 is 1.40. The van der Waals surface area contributed by atoms with E-state index in [0.717, 1.165) is 44.3 Å². The molecule has 0 unspecified atom stereocenters. The molecule has 5 nitrogen and oxygen atoms in total. The highest BCUT2D eigenvalue weighted by Crippen LogP contribution is 2.39. The molecule has 0 spiro atoms. The number of allylic oxidation sites excluding steroid dienone is 1. The number of carbonyl (C=O) groups is 1. The van der Waals surface area contributed by atoms with Gasteiger partial charge in [0.15, 0.2) is 5.13 Å². The number of fused-ring (bicyclic) bond motifs is 2. The van der Waals surface area contributed by atoms with Gasteiger partial charge in [-0.25, -0.2) is 4.98 Å². The van der Waals surface area contributed by atoms with Crippen LogP contribution in [0.5, 0.6) is 5.75 Å². The van der Waals surface area contributed by atoms with Gasteiger partial charge in [-0.2, -0.15) is 0 Å². The van der Waals surface area contributed by atoms with Gasteiger partial charge in [-0.05, 0) is 41.8 Å². The number of rotatable bonds is 5. The van der Waals surface area contributed by atoms with Crippen molar-refractivity contribution < 1.29 is 13.9 Å². The number of anilines is 1. The predicted molar refractivity (Wildman–Crippen MR) is 135 cm³/mol. The number of ether oxygens (including phenoxy) is 1. The number of aryl methyl sites for hydroxylation is 1.